The van der Waals surface area contributed by atoms with E-state index < -0.39 is 0 Å². The summed E-state index contributed by atoms with van der Waals surface area (Å²) in [5.74, 6) is 0.532. The number of benzene rings is 1. The van der Waals surface area contributed by atoms with Crippen LogP contribution in [-0.2, 0) is 19.5 Å². The molecule has 0 radical (unpaired) electrons. The van der Waals surface area contributed by atoms with E-state index in [0.29, 0.717) is 23.7 Å². The quantitative estimate of drug-likeness (QED) is 0.523. The van der Waals surface area contributed by atoms with Gasteiger partial charge in [0, 0.05) is 48.7 Å². The molecule has 1 N–H and O–H groups in total. The molecule has 0 unspecified atom stereocenters. The summed E-state index contributed by atoms with van der Waals surface area (Å²) in [6, 6.07) is 13.5. The van der Waals surface area contributed by atoms with Crippen LogP contribution in [0.1, 0.15) is 21.7 Å². The van der Waals surface area contributed by atoms with Gasteiger partial charge in [0.25, 0.3) is 5.91 Å². The Balaban J connectivity index is 1.49. The summed E-state index contributed by atoms with van der Waals surface area (Å²) in [6.07, 6.45) is 6.26. The minimum atomic E-state index is -0.294. The van der Waals surface area contributed by atoms with Crippen LogP contribution in [0.3, 0.4) is 0 Å². The van der Waals surface area contributed by atoms with E-state index in [0.717, 1.165) is 23.9 Å². The second-order valence-corrected chi connectivity index (χ2v) is 7.17. The maximum Gasteiger partial charge on any atom is 0.292 e. The van der Waals surface area contributed by atoms with Crippen molar-refractivity contribution in [3.05, 3.63) is 77.9 Å². The molecule has 4 aromatic rings. The topological polar surface area (TPSA) is 76.2 Å². The van der Waals surface area contributed by atoms with E-state index in [9.17, 15) is 4.79 Å². The Kier molecular flexibility index (Phi) is 5.39. The monoisotopic (exact) mass is 389 g/mol. The number of nitrogens with zero attached hydrogens (tertiary/aromatic N) is 4. The van der Waals surface area contributed by atoms with Crippen molar-refractivity contribution >= 4 is 22.7 Å². The fourth-order valence-corrected chi connectivity index (χ4v) is 3.27. The van der Waals surface area contributed by atoms with Gasteiger partial charge in [0.2, 0.25) is 0 Å². The average Bonchev–Trinajstić information content (AvgIpc) is 3.32. The summed E-state index contributed by atoms with van der Waals surface area (Å²) in [7, 11) is 3.93. The number of hydrogen-bond donors (Lipinski definition) is 1. The lowest BCUT2D eigenvalue weighted by atomic mass is 10.1. The van der Waals surface area contributed by atoms with Gasteiger partial charge in [-0.1, -0.05) is 18.2 Å². The molecule has 4 rings (SSSR count). The van der Waals surface area contributed by atoms with Gasteiger partial charge in [0.1, 0.15) is 5.58 Å². The average molecular weight is 389 g/mol. The van der Waals surface area contributed by atoms with Gasteiger partial charge in [-0.3, -0.25) is 14.5 Å². The van der Waals surface area contributed by atoms with Crippen molar-refractivity contribution in [2.45, 2.75) is 19.5 Å². The predicted molar refractivity (Wildman–Crippen MR) is 112 cm³/mol. The van der Waals surface area contributed by atoms with Gasteiger partial charge in [-0.25, -0.2) is 0 Å². The van der Waals surface area contributed by atoms with E-state index in [4.69, 9.17) is 4.42 Å². The first kappa shape index (κ1) is 18.9. The smallest absolute Gasteiger partial charge is 0.292 e. The van der Waals surface area contributed by atoms with E-state index in [1.807, 2.05) is 66.3 Å². The summed E-state index contributed by atoms with van der Waals surface area (Å²) >= 11 is 0. The fraction of sp³-hybridized carbons (Fsp3) is 0.227. The number of aryl methyl sites for hydroxylation is 2. The summed E-state index contributed by atoms with van der Waals surface area (Å²) < 4.78 is 7.68. The van der Waals surface area contributed by atoms with E-state index in [1.54, 1.807) is 18.5 Å². The van der Waals surface area contributed by atoms with E-state index in [-0.39, 0.29) is 5.91 Å². The SMILES string of the molecule is CN(C)Cc1c(C(=O)Nc2ccn(CCc3ccncc3)n2)oc2ccccc12. The number of carbonyl (C=O) groups excluding carboxylic acids is 1. The summed E-state index contributed by atoms with van der Waals surface area (Å²) in [4.78, 5) is 18.9. The molecule has 0 saturated heterocycles. The molecule has 3 heterocycles. The number of amides is 1. The second kappa shape index (κ2) is 8.28. The third kappa shape index (κ3) is 4.35. The normalized spacial score (nSPS) is 11.3. The Morgan fingerprint density at radius 1 is 1.14 bits per heavy atom. The van der Waals surface area contributed by atoms with Crippen LogP contribution in [0.4, 0.5) is 5.82 Å². The lowest BCUT2D eigenvalue weighted by molar-refractivity contribution is 0.0996. The Bertz CT molecular complexity index is 1110. The molecule has 0 spiro atoms. The summed E-state index contributed by atoms with van der Waals surface area (Å²) in [5.41, 5.74) is 2.77. The number of rotatable bonds is 7. The number of furan rings is 1. The number of pyridine rings is 1. The zero-order valence-corrected chi connectivity index (χ0v) is 16.5. The molecule has 3 aromatic heterocycles. The molecule has 0 aliphatic heterocycles. The predicted octanol–water partition coefficient (Wildman–Crippen LogP) is 3.58. The molecule has 148 valence electrons. The van der Waals surface area contributed by atoms with Crippen LogP contribution in [0.15, 0.2) is 65.5 Å². The van der Waals surface area contributed by atoms with Crippen LogP contribution in [0.5, 0.6) is 0 Å². The minimum Gasteiger partial charge on any atom is -0.451 e. The lowest BCUT2D eigenvalue weighted by Gasteiger charge is -2.09. The van der Waals surface area contributed by atoms with Gasteiger partial charge >= 0.3 is 0 Å². The van der Waals surface area contributed by atoms with Crippen LogP contribution >= 0.6 is 0 Å². The number of nitrogens with one attached hydrogen (secondary N) is 1. The first-order valence-corrected chi connectivity index (χ1v) is 9.49. The van der Waals surface area contributed by atoms with Crippen molar-refractivity contribution < 1.29 is 9.21 Å². The molecule has 0 aliphatic rings. The molecule has 0 saturated carbocycles. The molecule has 0 aliphatic carbocycles. The Morgan fingerprint density at radius 2 is 1.93 bits per heavy atom. The fourth-order valence-electron chi connectivity index (χ4n) is 3.27. The van der Waals surface area contributed by atoms with E-state index in [2.05, 4.69) is 15.4 Å². The summed E-state index contributed by atoms with van der Waals surface area (Å²) in [5, 5.41) is 8.26. The Hall–Kier alpha value is -3.45. The third-order valence-corrected chi connectivity index (χ3v) is 4.64. The van der Waals surface area contributed by atoms with Crippen LogP contribution in [0.2, 0.25) is 0 Å². The number of anilines is 1. The van der Waals surface area contributed by atoms with Crippen molar-refractivity contribution in [3.8, 4) is 0 Å². The molecule has 29 heavy (non-hydrogen) atoms. The maximum absolute atomic E-state index is 12.9. The van der Waals surface area contributed by atoms with Gasteiger partial charge in [-0.2, -0.15) is 5.10 Å². The van der Waals surface area contributed by atoms with Gasteiger partial charge < -0.3 is 14.6 Å². The van der Waals surface area contributed by atoms with Gasteiger partial charge in [-0.05, 0) is 44.3 Å². The number of fused-ring (bicyclic) bond motifs is 1. The molecule has 0 atom stereocenters. The minimum absolute atomic E-state index is 0.294. The molecule has 7 heteroatoms. The van der Waals surface area contributed by atoms with E-state index in [1.165, 1.54) is 5.56 Å². The molecule has 7 nitrogen and oxygen atoms in total. The highest BCUT2D eigenvalue weighted by Gasteiger charge is 2.21. The highest BCUT2D eigenvalue weighted by molar-refractivity contribution is 6.06. The maximum atomic E-state index is 12.9. The largest absolute Gasteiger partial charge is 0.451 e. The van der Waals surface area contributed by atoms with Crippen LogP contribution in [-0.4, -0.2) is 39.7 Å². The number of carbonyl (C=O) groups is 1. The zero-order valence-electron chi connectivity index (χ0n) is 16.5. The molecule has 0 bridgehead atoms. The van der Waals surface area contributed by atoms with Crippen molar-refractivity contribution in [1.29, 1.82) is 0 Å². The molecular formula is C22H23N5O2. The third-order valence-electron chi connectivity index (χ3n) is 4.64. The molecule has 0 fully saturated rings. The van der Waals surface area contributed by atoms with Crippen molar-refractivity contribution in [2.75, 3.05) is 19.4 Å². The van der Waals surface area contributed by atoms with Gasteiger partial charge in [0.15, 0.2) is 11.6 Å². The standard InChI is InChI=1S/C22H23N5O2/c1-26(2)15-18-17-5-3-4-6-19(17)29-21(18)22(28)24-20-10-14-27(25-20)13-9-16-7-11-23-12-8-16/h3-8,10-12,14H,9,13,15H2,1-2H3,(H,24,25,28). The summed E-state index contributed by atoms with van der Waals surface area (Å²) in [6.45, 7) is 1.33. The number of hydrogen-bond acceptors (Lipinski definition) is 5. The first-order chi connectivity index (χ1) is 14.1. The lowest BCUT2D eigenvalue weighted by Crippen LogP contribution is -2.17. The number of para-hydroxylation sites is 1. The first-order valence-electron chi connectivity index (χ1n) is 9.49. The van der Waals surface area contributed by atoms with Crippen LogP contribution in [0, 0.1) is 0 Å². The number of aromatic nitrogens is 3. The second-order valence-electron chi connectivity index (χ2n) is 7.17. The zero-order chi connectivity index (χ0) is 20.2. The molecular weight excluding hydrogens is 366 g/mol. The van der Waals surface area contributed by atoms with Gasteiger partial charge in [-0.15, -0.1) is 0 Å². The highest BCUT2D eigenvalue weighted by Crippen LogP contribution is 2.27. The van der Waals surface area contributed by atoms with Crippen LogP contribution < -0.4 is 5.32 Å². The van der Waals surface area contributed by atoms with Gasteiger partial charge in [0.05, 0.1) is 0 Å². The van der Waals surface area contributed by atoms with Crippen molar-refractivity contribution in [2.24, 2.45) is 0 Å². The molecule has 1 aromatic carbocycles. The van der Waals surface area contributed by atoms with Crippen LogP contribution in [0.25, 0.3) is 11.0 Å². The molecule has 1 amide bonds. The Morgan fingerprint density at radius 3 is 2.72 bits per heavy atom. The Labute approximate surface area is 169 Å². The highest BCUT2D eigenvalue weighted by atomic mass is 16.3. The van der Waals surface area contributed by atoms with Crippen molar-refractivity contribution in [1.82, 2.24) is 19.7 Å². The van der Waals surface area contributed by atoms with Crippen molar-refractivity contribution in [3.63, 3.8) is 0 Å². The van der Waals surface area contributed by atoms with E-state index >= 15 is 0 Å².